The van der Waals surface area contributed by atoms with E-state index in [-0.39, 0.29) is 0 Å². The van der Waals surface area contributed by atoms with Crippen molar-refractivity contribution in [1.82, 2.24) is 0 Å². The lowest BCUT2D eigenvalue weighted by Gasteiger charge is -1.99. The van der Waals surface area contributed by atoms with Crippen LogP contribution >= 0.6 is 38.6 Å². The fourth-order valence-electron chi connectivity index (χ4n) is 2.62. The largest absolute Gasteiger partial charge is 0.140 e. The van der Waals surface area contributed by atoms with E-state index < -0.39 is 0 Å². The third-order valence-electron chi connectivity index (χ3n) is 3.53. The maximum Gasteiger partial charge on any atom is 0.0514 e. The van der Waals surface area contributed by atoms with Crippen LogP contribution in [-0.4, -0.2) is 0 Å². The average molecular weight is 359 g/mol. The highest BCUT2D eigenvalue weighted by atomic mass is 79.9. The predicted molar refractivity (Wildman–Crippen MR) is 95.1 cm³/mol. The third kappa shape index (κ3) is 1.77. The van der Waals surface area contributed by atoms with Gasteiger partial charge in [-0.15, -0.1) is 22.7 Å². The summed E-state index contributed by atoms with van der Waals surface area (Å²) in [5, 5.41) is 2.67. The molecule has 0 amide bonds. The number of aryl methyl sites for hydroxylation is 1. The van der Waals surface area contributed by atoms with Gasteiger partial charge in [-0.3, -0.25) is 0 Å². The van der Waals surface area contributed by atoms with E-state index in [1.807, 2.05) is 22.7 Å². The van der Waals surface area contributed by atoms with E-state index in [1.54, 1.807) is 0 Å². The Morgan fingerprint density at radius 1 is 0.800 bits per heavy atom. The molecule has 20 heavy (non-hydrogen) atoms. The lowest BCUT2D eigenvalue weighted by atomic mass is 10.1. The molecule has 0 saturated heterocycles. The van der Waals surface area contributed by atoms with Gasteiger partial charge >= 0.3 is 0 Å². The predicted octanol–water partition coefficient (Wildman–Crippen LogP) is 6.85. The zero-order valence-corrected chi connectivity index (χ0v) is 14.0. The number of halogens is 1. The second-order valence-electron chi connectivity index (χ2n) is 4.77. The molecule has 0 aliphatic rings. The van der Waals surface area contributed by atoms with E-state index in [9.17, 15) is 0 Å². The van der Waals surface area contributed by atoms with E-state index in [1.165, 1.54) is 40.0 Å². The van der Waals surface area contributed by atoms with Crippen molar-refractivity contribution in [2.45, 2.75) is 6.92 Å². The summed E-state index contributed by atoms with van der Waals surface area (Å²) in [6.07, 6.45) is 0. The molecule has 4 rings (SSSR count). The van der Waals surface area contributed by atoms with E-state index >= 15 is 0 Å². The van der Waals surface area contributed by atoms with Gasteiger partial charge in [-0.2, -0.15) is 0 Å². The van der Waals surface area contributed by atoms with Crippen molar-refractivity contribution in [3.05, 3.63) is 57.9 Å². The number of hydrogen-bond acceptors (Lipinski definition) is 2. The van der Waals surface area contributed by atoms with Gasteiger partial charge in [0.1, 0.15) is 0 Å². The lowest BCUT2D eigenvalue weighted by Crippen LogP contribution is -1.74. The van der Waals surface area contributed by atoms with Crippen molar-refractivity contribution in [1.29, 1.82) is 0 Å². The molecule has 98 valence electrons. The first-order valence-corrected chi connectivity index (χ1v) is 8.84. The Labute approximate surface area is 133 Å². The van der Waals surface area contributed by atoms with Crippen molar-refractivity contribution in [3.8, 4) is 10.4 Å². The first-order chi connectivity index (χ1) is 9.75. The molecule has 2 aromatic heterocycles. The second kappa shape index (κ2) is 4.69. The Hall–Kier alpha value is -1.16. The van der Waals surface area contributed by atoms with Gasteiger partial charge in [-0.05, 0) is 35.0 Å². The van der Waals surface area contributed by atoms with E-state index in [0.29, 0.717) is 0 Å². The van der Waals surface area contributed by atoms with Gasteiger partial charge in [-0.25, -0.2) is 0 Å². The number of benzene rings is 2. The van der Waals surface area contributed by atoms with Crippen LogP contribution in [-0.2, 0) is 0 Å². The highest BCUT2D eigenvalue weighted by molar-refractivity contribution is 9.10. The minimum absolute atomic E-state index is 1.23. The molecule has 0 nitrogen and oxygen atoms in total. The summed E-state index contributed by atoms with van der Waals surface area (Å²) in [5.41, 5.74) is 1.39. The summed E-state index contributed by atoms with van der Waals surface area (Å²) in [4.78, 5) is 2.74. The van der Waals surface area contributed by atoms with Crippen molar-refractivity contribution >= 4 is 58.8 Å². The normalized spacial score (nSPS) is 11.5. The maximum absolute atomic E-state index is 3.81. The van der Waals surface area contributed by atoms with Crippen LogP contribution in [0, 0.1) is 6.92 Å². The van der Waals surface area contributed by atoms with Gasteiger partial charge in [0.25, 0.3) is 0 Å². The SMILES string of the molecule is Cc1sc2ccccc2c1-c1sc2ccccc2c1Br. The lowest BCUT2D eigenvalue weighted by molar-refractivity contribution is 1.64. The summed E-state index contributed by atoms with van der Waals surface area (Å²) >= 11 is 7.56. The Balaban J connectivity index is 2.11. The van der Waals surface area contributed by atoms with E-state index in [0.717, 1.165) is 0 Å². The van der Waals surface area contributed by atoms with Gasteiger partial charge < -0.3 is 0 Å². The minimum Gasteiger partial charge on any atom is -0.140 e. The topological polar surface area (TPSA) is 0 Å². The summed E-state index contributed by atoms with van der Waals surface area (Å²) < 4.78 is 3.93. The fraction of sp³-hybridized carbons (Fsp3) is 0.0588. The molecule has 0 unspecified atom stereocenters. The molecule has 4 aromatic rings. The summed E-state index contributed by atoms with van der Waals surface area (Å²) in [6.45, 7) is 2.22. The average Bonchev–Trinajstić information content (AvgIpc) is 2.96. The Morgan fingerprint density at radius 3 is 2.10 bits per heavy atom. The highest BCUT2D eigenvalue weighted by Gasteiger charge is 2.17. The summed E-state index contributed by atoms with van der Waals surface area (Å²) in [7, 11) is 0. The molecule has 2 aromatic carbocycles. The van der Waals surface area contributed by atoms with Gasteiger partial charge in [0.15, 0.2) is 0 Å². The van der Waals surface area contributed by atoms with Crippen LogP contribution in [0.25, 0.3) is 30.6 Å². The quantitative estimate of drug-likeness (QED) is 0.348. The highest BCUT2D eigenvalue weighted by Crippen LogP contribution is 2.47. The molecule has 0 fully saturated rings. The van der Waals surface area contributed by atoms with Crippen LogP contribution in [0.3, 0.4) is 0 Å². The molecule has 0 bridgehead atoms. The minimum atomic E-state index is 1.23. The first kappa shape index (κ1) is 12.6. The standard InChI is InChI=1S/C17H11BrS2/c1-10-15(11-6-2-4-8-13(11)19-10)17-16(18)12-7-3-5-9-14(12)20-17/h2-9H,1H3. The fourth-order valence-corrected chi connectivity index (χ4v) is 5.89. The third-order valence-corrected chi connectivity index (χ3v) is 6.89. The monoisotopic (exact) mass is 358 g/mol. The van der Waals surface area contributed by atoms with Crippen LogP contribution in [0.2, 0.25) is 0 Å². The molecular formula is C17H11BrS2. The molecule has 0 radical (unpaired) electrons. The van der Waals surface area contributed by atoms with Crippen molar-refractivity contribution in [3.63, 3.8) is 0 Å². The van der Waals surface area contributed by atoms with Gasteiger partial charge in [-0.1, -0.05) is 36.4 Å². The van der Waals surface area contributed by atoms with E-state index in [4.69, 9.17) is 0 Å². The second-order valence-corrected chi connectivity index (χ2v) is 7.87. The molecular weight excluding hydrogens is 348 g/mol. The molecule has 0 aliphatic carbocycles. The van der Waals surface area contributed by atoms with Crippen LogP contribution in [0.5, 0.6) is 0 Å². The molecule has 0 aliphatic heterocycles. The molecule has 2 heterocycles. The molecule has 0 saturated carbocycles. The summed E-state index contributed by atoms with van der Waals surface area (Å²) in [6, 6.07) is 17.3. The zero-order valence-electron chi connectivity index (χ0n) is 10.8. The number of thiophene rings is 2. The zero-order chi connectivity index (χ0) is 13.7. The molecule has 0 spiro atoms. The summed E-state index contributed by atoms with van der Waals surface area (Å²) in [5.74, 6) is 0. The Bertz CT molecular complexity index is 931. The van der Waals surface area contributed by atoms with Crippen molar-refractivity contribution in [2.24, 2.45) is 0 Å². The maximum atomic E-state index is 3.81. The van der Waals surface area contributed by atoms with Crippen LogP contribution in [0.1, 0.15) is 4.88 Å². The van der Waals surface area contributed by atoms with Crippen LogP contribution in [0.4, 0.5) is 0 Å². The smallest absolute Gasteiger partial charge is 0.0514 e. The number of fused-ring (bicyclic) bond motifs is 2. The number of hydrogen-bond donors (Lipinski definition) is 0. The van der Waals surface area contributed by atoms with Gasteiger partial charge in [0.05, 0.1) is 4.88 Å². The molecule has 0 atom stereocenters. The van der Waals surface area contributed by atoms with Crippen molar-refractivity contribution < 1.29 is 0 Å². The van der Waals surface area contributed by atoms with Gasteiger partial charge in [0.2, 0.25) is 0 Å². The molecule has 3 heteroatoms. The van der Waals surface area contributed by atoms with E-state index in [2.05, 4.69) is 71.4 Å². The molecule has 0 N–H and O–H groups in total. The Kier molecular flexibility index (Phi) is 2.95. The Morgan fingerprint density at radius 2 is 1.40 bits per heavy atom. The number of rotatable bonds is 1. The van der Waals surface area contributed by atoms with Gasteiger partial charge in [0, 0.05) is 35.1 Å². The first-order valence-electron chi connectivity index (χ1n) is 6.41. The van der Waals surface area contributed by atoms with Crippen molar-refractivity contribution in [2.75, 3.05) is 0 Å². The van der Waals surface area contributed by atoms with Crippen LogP contribution in [0.15, 0.2) is 53.0 Å². The van der Waals surface area contributed by atoms with Crippen LogP contribution < -0.4 is 0 Å².